The van der Waals surface area contributed by atoms with Crippen LogP contribution in [-0.4, -0.2) is 25.8 Å². The molecule has 0 aliphatic heterocycles. The smallest absolute Gasteiger partial charge is 0.0474 e. The van der Waals surface area contributed by atoms with Crippen molar-refractivity contribution < 1.29 is 0 Å². The normalized spacial score (nSPS) is 19.6. The van der Waals surface area contributed by atoms with Crippen molar-refractivity contribution in [2.75, 3.05) is 14.1 Å². The molecular weight excluding hydrogens is 172 g/mol. The predicted octanol–water partition coefficient (Wildman–Crippen LogP) is 2.59. The van der Waals surface area contributed by atoms with Crippen molar-refractivity contribution in [3.05, 3.63) is 0 Å². The molecule has 0 aliphatic rings. The molecule has 2 heteroatoms. The highest BCUT2D eigenvalue weighted by Crippen LogP contribution is 2.23. The zero-order chi connectivity index (χ0) is 11.3. The average Bonchev–Trinajstić information content (AvgIpc) is 2.16. The van der Waals surface area contributed by atoms with Crippen molar-refractivity contribution in [1.29, 1.82) is 0 Å². The third-order valence-electron chi connectivity index (χ3n) is 3.52. The van der Waals surface area contributed by atoms with Crippen LogP contribution in [0.3, 0.4) is 0 Å². The standard InChI is InChI=1S/C12H26N2/c1-8(2)9(3)10(4)12(14-7)11(5)13-6/h8-10,12,14H,1-7H3/t9-,10+,12+/m0/s1. The molecule has 3 atom stereocenters. The van der Waals surface area contributed by atoms with Gasteiger partial charge in [0.05, 0.1) is 0 Å². The zero-order valence-electron chi connectivity index (χ0n) is 10.8. The van der Waals surface area contributed by atoms with Crippen LogP contribution in [0.25, 0.3) is 0 Å². The van der Waals surface area contributed by atoms with E-state index in [1.165, 1.54) is 5.71 Å². The summed E-state index contributed by atoms with van der Waals surface area (Å²) in [5, 5.41) is 3.36. The van der Waals surface area contributed by atoms with Crippen LogP contribution in [0.15, 0.2) is 4.99 Å². The Morgan fingerprint density at radius 2 is 1.57 bits per heavy atom. The summed E-state index contributed by atoms with van der Waals surface area (Å²) in [4.78, 5) is 4.28. The Morgan fingerprint density at radius 1 is 1.07 bits per heavy atom. The molecule has 0 aromatic carbocycles. The van der Waals surface area contributed by atoms with Crippen LogP contribution in [0, 0.1) is 17.8 Å². The van der Waals surface area contributed by atoms with Crippen molar-refractivity contribution >= 4 is 5.71 Å². The molecule has 0 bridgehead atoms. The first-order valence-corrected chi connectivity index (χ1v) is 5.56. The third-order valence-corrected chi connectivity index (χ3v) is 3.52. The highest BCUT2D eigenvalue weighted by atomic mass is 14.9. The summed E-state index contributed by atoms with van der Waals surface area (Å²) in [7, 11) is 3.88. The summed E-state index contributed by atoms with van der Waals surface area (Å²) in [6.45, 7) is 11.3. The van der Waals surface area contributed by atoms with E-state index in [1.807, 2.05) is 14.1 Å². The fraction of sp³-hybridized carbons (Fsp3) is 0.917. The Hall–Kier alpha value is -0.370. The lowest BCUT2D eigenvalue weighted by Crippen LogP contribution is -2.42. The van der Waals surface area contributed by atoms with Crippen molar-refractivity contribution in [3.8, 4) is 0 Å². The average molecular weight is 198 g/mol. The number of hydrogen-bond donors (Lipinski definition) is 1. The van der Waals surface area contributed by atoms with Gasteiger partial charge in [-0.1, -0.05) is 27.7 Å². The molecule has 0 radical (unpaired) electrons. The molecule has 0 aliphatic carbocycles. The van der Waals surface area contributed by atoms with Gasteiger partial charge in [0.1, 0.15) is 0 Å². The summed E-state index contributed by atoms with van der Waals surface area (Å²) in [5.41, 5.74) is 1.20. The second kappa shape index (κ2) is 6.18. The van der Waals surface area contributed by atoms with E-state index in [0.717, 1.165) is 5.92 Å². The Balaban J connectivity index is 4.53. The molecule has 1 N–H and O–H groups in total. The van der Waals surface area contributed by atoms with Crippen LogP contribution in [0.5, 0.6) is 0 Å². The number of hydrogen-bond acceptors (Lipinski definition) is 2. The van der Waals surface area contributed by atoms with Crippen molar-refractivity contribution in [1.82, 2.24) is 5.32 Å². The molecule has 0 saturated heterocycles. The van der Waals surface area contributed by atoms with Crippen LogP contribution in [0.4, 0.5) is 0 Å². The molecule has 14 heavy (non-hydrogen) atoms. The molecule has 0 fully saturated rings. The van der Waals surface area contributed by atoms with Gasteiger partial charge in [-0.2, -0.15) is 0 Å². The number of rotatable bonds is 5. The fourth-order valence-corrected chi connectivity index (χ4v) is 1.90. The van der Waals surface area contributed by atoms with Gasteiger partial charge in [-0.25, -0.2) is 0 Å². The summed E-state index contributed by atoms with van der Waals surface area (Å²) < 4.78 is 0. The molecule has 2 nitrogen and oxygen atoms in total. The minimum atomic E-state index is 0.414. The van der Waals surface area contributed by atoms with E-state index in [9.17, 15) is 0 Å². The summed E-state index contributed by atoms with van der Waals surface area (Å²) >= 11 is 0. The maximum absolute atomic E-state index is 4.28. The second-order valence-corrected chi connectivity index (χ2v) is 4.59. The van der Waals surface area contributed by atoms with Gasteiger partial charge in [-0.05, 0) is 31.7 Å². The molecule has 0 rings (SSSR count). The lowest BCUT2D eigenvalue weighted by Gasteiger charge is -2.31. The van der Waals surface area contributed by atoms with Gasteiger partial charge >= 0.3 is 0 Å². The molecule has 0 amide bonds. The first kappa shape index (κ1) is 13.6. The number of nitrogens with one attached hydrogen (secondary N) is 1. The van der Waals surface area contributed by atoms with Gasteiger partial charge in [0.25, 0.3) is 0 Å². The van der Waals surface area contributed by atoms with E-state index in [1.54, 1.807) is 0 Å². The molecule has 0 saturated carbocycles. The fourth-order valence-electron chi connectivity index (χ4n) is 1.90. The van der Waals surface area contributed by atoms with Gasteiger partial charge in [0, 0.05) is 18.8 Å². The maximum atomic E-state index is 4.28. The van der Waals surface area contributed by atoms with Gasteiger partial charge in [-0.15, -0.1) is 0 Å². The molecular formula is C12H26N2. The Kier molecular flexibility index (Phi) is 6.01. The van der Waals surface area contributed by atoms with E-state index < -0.39 is 0 Å². The van der Waals surface area contributed by atoms with Gasteiger partial charge in [-0.3, -0.25) is 4.99 Å². The lowest BCUT2D eigenvalue weighted by molar-refractivity contribution is 0.268. The van der Waals surface area contributed by atoms with Crippen LogP contribution in [0.1, 0.15) is 34.6 Å². The van der Waals surface area contributed by atoms with E-state index in [0.29, 0.717) is 17.9 Å². The monoisotopic (exact) mass is 198 g/mol. The minimum absolute atomic E-state index is 0.414. The molecule has 0 aromatic rings. The third kappa shape index (κ3) is 3.41. The quantitative estimate of drug-likeness (QED) is 0.675. The maximum Gasteiger partial charge on any atom is 0.0474 e. The van der Waals surface area contributed by atoms with Crippen LogP contribution in [0.2, 0.25) is 0 Å². The first-order valence-electron chi connectivity index (χ1n) is 5.56. The Morgan fingerprint density at radius 3 is 1.86 bits per heavy atom. The zero-order valence-corrected chi connectivity index (χ0v) is 10.8. The Bertz CT molecular complexity index is 185. The minimum Gasteiger partial charge on any atom is -0.312 e. The molecule has 0 unspecified atom stereocenters. The largest absolute Gasteiger partial charge is 0.312 e. The van der Waals surface area contributed by atoms with Crippen LogP contribution in [-0.2, 0) is 0 Å². The molecule has 0 heterocycles. The Labute approximate surface area is 89.2 Å². The summed E-state index contributed by atoms with van der Waals surface area (Å²) in [5.74, 6) is 2.07. The first-order chi connectivity index (χ1) is 6.45. The van der Waals surface area contributed by atoms with E-state index in [4.69, 9.17) is 0 Å². The summed E-state index contributed by atoms with van der Waals surface area (Å²) in [6.07, 6.45) is 0. The van der Waals surface area contributed by atoms with Crippen molar-refractivity contribution in [3.63, 3.8) is 0 Å². The second-order valence-electron chi connectivity index (χ2n) is 4.59. The van der Waals surface area contributed by atoms with Crippen molar-refractivity contribution in [2.24, 2.45) is 22.7 Å². The summed E-state index contributed by atoms with van der Waals surface area (Å²) in [6, 6.07) is 0.414. The van der Waals surface area contributed by atoms with E-state index >= 15 is 0 Å². The highest BCUT2D eigenvalue weighted by Gasteiger charge is 2.25. The van der Waals surface area contributed by atoms with E-state index in [2.05, 4.69) is 44.9 Å². The van der Waals surface area contributed by atoms with Gasteiger partial charge < -0.3 is 5.32 Å². The highest BCUT2D eigenvalue weighted by molar-refractivity contribution is 5.87. The van der Waals surface area contributed by atoms with Crippen molar-refractivity contribution in [2.45, 2.75) is 40.7 Å². The van der Waals surface area contributed by atoms with Gasteiger partial charge in [0.2, 0.25) is 0 Å². The van der Waals surface area contributed by atoms with Crippen LogP contribution < -0.4 is 5.32 Å². The predicted molar refractivity (Wildman–Crippen MR) is 65.0 cm³/mol. The molecule has 84 valence electrons. The van der Waals surface area contributed by atoms with Gasteiger partial charge in [0.15, 0.2) is 0 Å². The topological polar surface area (TPSA) is 24.4 Å². The van der Waals surface area contributed by atoms with Crippen LogP contribution >= 0.6 is 0 Å². The van der Waals surface area contributed by atoms with E-state index in [-0.39, 0.29) is 0 Å². The molecule has 0 spiro atoms. The number of aliphatic imine (C=N–C) groups is 1. The number of nitrogens with zero attached hydrogens (tertiary/aromatic N) is 1. The molecule has 0 aromatic heterocycles. The SMILES string of the molecule is CN=C(C)[C@H](NC)[C@H](C)[C@@H](C)C(C)C. The lowest BCUT2D eigenvalue weighted by atomic mass is 9.80.